The molecule has 0 saturated heterocycles. The Morgan fingerprint density at radius 1 is 0.432 bits per heavy atom. The number of para-hydroxylation sites is 4. The van der Waals surface area contributed by atoms with Gasteiger partial charge in [0.1, 0.15) is 23.0 Å². The molecule has 0 unspecified atom stereocenters. The molecule has 4 aromatic carbocycles. The van der Waals surface area contributed by atoms with E-state index in [1.54, 1.807) is 0 Å². The van der Waals surface area contributed by atoms with E-state index in [1.807, 2.05) is 0 Å². The van der Waals surface area contributed by atoms with Crippen LogP contribution in [-0.2, 0) is 11.1 Å². The van der Waals surface area contributed by atoms with Crippen LogP contribution in [0.5, 0.6) is 23.0 Å². The van der Waals surface area contributed by atoms with Crippen LogP contribution in [0.15, 0.2) is 97.1 Å². The van der Waals surface area contributed by atoms with Gasteiger partial charge in [-0.2, -0.15) is 0 Å². The monoisotopic (exact) mass is 584 g/mol. The molecular formula is C40H44N2O2. The van der Waals surface area contributed by atoms with Crippen LogP contribution in [0.25, 0.3) is 0 Å². The van der Waals surface area contributed by atoms with Gasteiger partial charge in [-0.1, -0.05) is 111 Å². The average molecular weight is 585 g/mol. The normalized spacial score (nSPS) is 20.3. The zero-order valence-electron chi connectivity index (χ0n) is 25.7. The molecule has 2 aliphatic carbocycles. The van der Waals surface area contributed by atoms with Gasteiger partial charge in [0.05, 0.1) is 11.1 Å². The molecule has 2 fully saturated rings. The predicted molar refractivity (Wildman–Crippen MR) is 177 cm³/mol. The van der Waals surface area contributed by atoms with Crippen LogP contribution in [0.4, 0.5) is 0 Å². The number of hydrogen-bond donors (Lipinski definition) is 2. The van der Waals surface area contributed by atoms with Gasteiger partial charge < -0.3 is 20.1 Å². The van der Waals surface area contributed by atoms with Crippen molar-refractivity contribution in [3.05, 3.63) is 119 Å². The molecular weight excluding hydrogens is 540 g/mol. The highest BCUT2D eigenvalue weighted by molar-refractivity contribution is 5.59. The molecule has 0 amide bonds. The minimum atomic E-state index is -0.281. The maximum absolute atomic E-state index is 6.53. The molecule has 4 heteroatoms. The van der Waals surface area contributed by atoms with Crippen molar-refractivity contribution in [2.24, 2.45) is 11.8 Å². The summed E-state index contributed by atoms with van der Waals surface area (Å²) < 4.78 is 13.1. The topological polar surface area (TPSA) is 42.5 Å². The van der Waals surface area contributed by atoms with Crippen molar-refractivity contribution in [3.63, 3.8) is 0 Å². The number of benzene rings is 4. The SMILES string of the molecule is c1ccc2c(c1)Oc1ccccc1C2(NCCNC1(C2CCCCC2)c2ccccc2Oc2ccccc21)C1CCCCC1. The van der Waals surface area contributed by atoms with E-state index in [2.05, 4.69) is 108 Å². The molecule has 2 aliphatic heterocycles. The maximum Gasteiger partial charge on any atom is 0.132 e. The van der Waals surface area contributed by atoms with E-state index in [4.69, 9.17) is 9.47 Å². The van der Waals surface area contributed by atoms with Gasteiger partial charge >= 0.3 is 0 Å². The Kier molecular flexibility index (Phi) is 7.44. The Morgan fingerprint density at radius 2 is 0.727 bits per heavy atom. The first-order valence-corrected chi connectivity index (χ1v) is 17.0. The number of ether oxygens (including phenoxy) is 2. The van der Waals surface area contributed by atoms with Gasteiger partial charge in [-0.25, -0.2) is 0 Å². The van der Waals surface area contributed by atoms with Gasteiger partial charge in [-0.3, -0.25) is 0 Å². The summed E-state index contributed by atoms with van der Waals surface area (Å²) in [5.41, 5.74) is 4.58. The zero-order chi connectivity index (χ0) is 29.4. The predicted octanol–water partition coefficient (Wildman–Crippen LogP) is 9.43. The summed E-state index contributed by atoms with van der Waals surface area (Å²) in [4.78, 5) is 0. The molecule has 226 valence electrons. The van der Waals surface area contributed by atoms with E-state index in [1.165, 1.54) is 86.5 Å². The fraction of sp³-hybridized carbons (Fsp3) is 0.400. The second-order valence-electron chi connectivity index (χ2n) is 13.3. The second kappa shape index (κ2) is 11.7. The van der Waals surface area contributed by atoms with Gasteiger partial charge in [-0.05, 0) is 61.8 Å². The maximum atomic E-state index is 6.53. The average Bonchev–Trinajstić information content (AvgIpc) is 3.10. The van der Waals surface area contributed by atoms with E-state index in [9.17, 15) is 0 Å². The Bertz CT molecular complexity index is 1410. The fourth-order valence-electron chi connectivity index (χ4n) is 9.19. The summed E-state index contributed by atoms with van der Waals surface area (Å²) in [6.07, 6.45) is 12.7. The van der Waals surface area contributed by atoms with E-state index in [-0.39, 0.29) is 11.1 Å². The van der Waals surface area contributed by atoms with Gasteiger partial charge in [0.15, 0.2) is 0 Å². The molecule has 4 aliphatic rings. The van der Waals surface area contributed by atoms with Gasteiger partial charge in [-0.15, -0.1) is 0 Å². The molecule has 4 aromatic rings. The van der Waals surface area contributed by atoms with Crippen molar-refractivity contribution in [1.29, 1.82) is 0 Å². The van der Waals surface area contributed by atoms with Crippen LogP contribution in [-0.4, -0.2) is 13.1 Å². The van der Waals surface area contributed by atoms with E-state index in [0.29, 0.717) is 11.8 Å². The molecule has 2 N–H and O–H groups in total. The number of nitrogens with one attached hydrogen (secondary N) is 2. The summed E-state index contributed by atoms with van der Waals surface area (Å²) in [6, 6.07) is 34.9. The Hall–Kier alpha value is -3.60. The third-order valence-corrected chi connectivity index (χ3v) is 11.1. The smallest absolute Gasteiger partial charge is 0.132 e. The molecule has 0 radical (unpaired) electrons. The first-order valence-electron chi connectivity index (χ1n) is 17.0. The summed E-state index contributed by atoms with van der Waals surface area (Å²) in [5.74, 6) is 4.98. The summed E-state index contributed by atoms with van der Waals surface area (Å²) in [5, 5.41) is 8.50. The highest BCUT2D eigenvalue weighted by atomic mass is 16.5. The third-order valence-electron chi connectivity index (χ3n) is 11.1. The molecule has 44 heavy (non-hydrogen) atoms. The van der Waals surface area contributed by atoms with Crippen LogP contribution in [0, 0.1) is 11.8 Å². The van der Waals surface area contributed by atoms with Crippen LogP contribution in [0.1, 0.15) is 86.5 Å². The first-order chi connectivity index (χ1) is 21.8. The standard InChI is InChI=1S/C40H44N2O2/c1-3-15-29(16-4-1)39(31-19-7-11-23-35(31)43-36-24-12-8-20-32(36)39)41-27-28-42-40(30-17-5-2-6-18-30)33-21-9-13-25-37(33)44-38-26-14-10-22-34(38)40/h7-14,19-26,29-30,41-42H,1-6,15-18,27-28H2. The molecule has 4 nitrogen and oxygen atoms in total. The lowest BCUT2D eigenvalue weighted by atomic mass is 9.65. The summed E-state index contributed by atoms with van der Waals surface area (Å²) >= 11 is 0. The molecule has 2 saturated carbocycles. The highest BCUT2D eigenvalue weighted by Crippen LogP contribution is 2.55. The number of fused-ring (bicyclic) bond motifs is 4. The molecule has 2 heterocycles. The van der Waals surface area contributed by atoms with E-state index >= 15 is 0 Å². The molecule has 0 spiro atoms. The first kappa shape index (κ1) is 27.9. The van der Waals surface area contributed by atoms with Crippen molar-refractivity contribution in [2.45, 2.75) is 75.3 Å². The molecule has 0 atom stereocenters. The lowest BCUT2D eigenvalue weighted by Crippen LogP contribution is -2.56. The second-order valence-corrected chi connectivity index (χ2v) is 13.3. The van der Waals surface area contributed by atoms with Gasteiger partial charge in [0.25, 0.3) is 0 Å². The van der Waals surface area contributed by atoms with E-state index in [0.717, 1.165) is 36.1 Å². The van der Waals surface area contributed by atoms with Crippen LogP contribution in [0.3, 0.4) is 0 Å². The number of rotatable bonds is 7. The van der Waals surface area contributed by atoms with Gasteiger partial charge in [0.2, 0.25) is 0 Å². The highest BCUT2D eigenvalue weighted by Gasteiger charge is 2.49. The quantitative estimate of drug-likeness (QED) is 0.212. The van der Waals surface area contributed by atoms with Crippen LogP contribution < -0.4 is 20.1 Å². The Balaban J connectivity index is 1.17. The fourth-order valence-corrected chi connectivity index (χ4v) is 9.19. The number of hydrogen-bond acceptors (Lipinski definition) is 4. The van der Waals surface area contributed by atoms with Crippen molar-refractivity contribution in [2.75, 3.05) is 13.1 Å². The summed E-state index contributed by atoms with van der Waals surface area (Å²) in [7, 11) is 0. The minimum Gasteiger partial charge on any atom is -0.457 e. The lowest BCUT2D eigenvalue weighted by molar-refractivity contribution is 0.166. The van der Waals surface area contributed by atoms with E-state index < -0.39 is 0 Å². The molecule has 0 bridgehead atoms. The Labute approximate surface area is 262 Å². The largest absolute Gasteiger partial charge is 0.457 e. The van der Waals surface area contributed by atoms with Crippen molar-refractivity contribution >= 4 is 0 Å². The Morgan fingerprint density at radius 3 is 1.05 bits per heavy atom. The zero-order valence-corrected chi connectivity index (χ0v) is 25.7. The molecule has 0 aromatic heterocycles. The minimum absolute atomic E-state index is 0.281. The summed E-state index contributed by atoms with van der Waals surface area (Å²) in [6.45, 7) is 1.69. The lowest BCUT2D eigenvalue weighted by Gasteiger charge is -2.49. The van der Waals surface area contributed by atoms with Crippen LogP contribution in [0.2, 0.25) is 0 Å². The third kappa shape index (κ3) is 4.49. The van der Waals surface area contributed by atoms with Crippen molar-refractivity contribution in [1.82, 2.24) is 10.6 Å². The van der Waals surface area contributed by atoms with Crippen molar-refractivity contribution in [3.8, 4) is 23.0 Å². The van der Waals surface area contributed by atoms with Crippen LogP contribution >= 0.6 is 0 Å². The van der Waals surface area contributed by atoms with Gasteiger partial charge in [0, 0.05) is 35.3 Å². The van der Waals surface area contributed by atoms with Crippen molar-refractivity contribution < 1.29 is 9.47 Å². The molecule has 8 rings (SSSR count).